The number of carbonyl (C=O) groups is 2. The number of amides is 2. The van der Waals surface area contributed by atoms with E-state index < -0.39 is 22.0 Å². The van der Waals surface area contributed by atoms with Crippen LogP contribution in [0.1, 0.15) is 30.5 Å². The van der Waals surface area contributed by atoms with Crippen molar-refractivity contribution in [2.24, 2.45) is 0 Å². The highest BCUT2D eigenvalue weighted by Gasteiger charge is 2.30. The molecule has 0 saturated heterocycles. The molecule has 1 unspecified atom stereocenters. The third kappa shape index (κ3) is 6.30. The van der Waals surface area contributed by atoms with E-state index in [2.05, 4.69) is 5.32 Å². The monoisotopic (exact) mass is 445 g/mol. The zero-order valence-electron chi connectivity index (χ0n) is 18.8. The van der Waals surface area contributed by atoms with E-state index in [1.165, 1.54) is 4.90 Å². The van der Waals surface area contributed by atoms with Crippen molar-refractivity contribution in [3.05, 3.63) is 65.2 Å². The zero-order valence-corrected chi connectivity index (χ0v) is 19.6. The van der Waals surface area contributed by atoms with E-state index in [0.717, 1.165) is 27.3 Å². The van der Waals surface area contributed by atoms with E-state index in [9.17, 15) is 18.0 Å². The van der Waals surface area contributed by atoms with Gasteiger partial charge in [0.25, 0.3) is 0 Å². The summed E-state index contributed by atoms with van der Waals surface area (Å²) in [5, 5.41) is 2.74. The van der Waals surface area contributed by atoms with Gasteiger partial charge in [0.15, 0.2) is 0 Å². The molecular formula is C23H31N3O4S. The second-order valence-corrected chi connectivity index (χ2v) is 9.49. The maximum Gasteiger partial charge on any atom is 0.244 e. The molecule has 0 aliphatic carbocycles. The van der Waals surface area contributed by atoms with Crippen LogP contribution in [0.25, 0.3) is 0 Å². The highest BCUT2D eigenvalue weighted by Crippen LogP contribution is 2.27. The molecule has 0 aliphatic heterocycles. The van der Waals surface area contributed by atoms with Crippen LogP contribution >= 0.6 is 0 Å². The number of hydrogen-bond donors (Lipinski definition) is 1. The van der Waals surface area contributed by atoms with E-state index in [1.807, 2.05) is 62.4 Å². The SMILES string of the molecule is CCNC(=O)C(C)N(Cc1ccccc1)C(=O)CN(c1c(C)cccc1C)S(C)(=O)=O. The molecule has 7 nitrogen and oxygen atoms in total. The molecule has 2 aromatic rings. The van der Waals surface area contributed by atoms with Crippen molar-refractivity contribution in [2.75, 3.05) is 23.7 Å². The van der Waals surface area contributed by atoms with Gasteiger partial charge in [-0.25, -0.2) is 8.42 Å². The Morgan fingerprint density at radius 1 is 1.00 bits per heavy atom. The number of aryl methyl sites for hydroxylation is 2. The third-order valence-electron chi connectivity index (χ3n) is 5.08. The molecule has 0 heterocycles. The average molecular weight is 446 g/mol. The number of sulfonamides is 1. The summed E-state index contributed by atoms with van der Waals surface area (Å²) >= 11 is 0. The van der Waals surface area contributed by atoms with Gasteiger partial charge in [-0.05, 0) is 44.4 Å². The molecule has 8 heteroatoms. The minimum atomic E-state index is -3.74. The molecule has 168 valence electrons. The molecule has 1 N–H and O–H groups in total. The number of hydrogen-bond acceptors (Lipinski definition) is 4. The predicted molar refractivity (Wildman–Crippen MR) is 123 cm³/mol. The Bertz CT molecular complexity index is 1000. The second kappa shape index (κ2) is 10.4. The van der Waals surface area contributed by atoms with Crippen molar-refractivity contribution in [1.29, 1.82) is 0 Å². The Balaban J connectivity index is 2.42. The fourth-order valence-corrected chi connectivity index (χ4v) is 4.42. The fourth-order valence-electron chi connectivity index (χ4n) is 3.46. The largest absolute Gasteiger partial charge is 0.355 e. The van der Waals surface area contributed by atoms with Gasteiger partial charge in [0.05, 0.1) is 11.9 Å². The smallest absolute Gasteiger partial charge is 0.244 e. The number of benzene rings is 2. The number of rotatable bonds is 9. The van der Waals surface area contributed by atoms with Crippen molar-refractivity contribution < 1.29 is 18.0 Å². The first kappa shape index (κ1) is 24.4. The molecule has 0 aromatic heterocycles. The normalized spacial score (nSPS) is 12.2. The summed E-state index contributed by atoms with van der Waals surface area (Å²) in [5.41, 5.74) is 2.85. The van der Waals surface area contributed by atoms with Crippen LogP contribution in [-0.4, -0.2) is 50.5 Å². The van der Waals surface area contributed by atoms with Gasteiger partial charge in [-0.2, -0.15) is 0 Å². The number of nitrogens with zero attached hydrogens (tertiary/aromatic N) is 2. The van der Waals surface area contributed by atoms with Crippen molar-refractivity contribution >= 4 is 27.5 Å². The number of anilines is 1. The topological polar surface area (TPSA) is 86.8 Å². The van der Waals surface area contributed by atoms with Crippen LogP contribution in [0.3, 0.4) is 0 Å². The summed E-state index contributed by atoms with van der Waals surface area (Å²) in [6.07, 6.45) is 1.08. The number of nitrogens with one attached hydrogen (secondary N) is 1. The highest BCUT2D eigenvalue weighted by molar-refractivity contribution is 7.92. The first-order valence-corrected chi connectivity index (χ1v) is 12.1. The molecule has 0 aliphatic rings. The van der Waals surface area contributed by atoms with Gasteiger partial charge in [-0.3, -0.25) is 13.9 Å². The van der Waals surface area contributed by atoms with Crippen LogP contribution in [-0.2, 0) is 26.2 Å². The van der Waals surface area contributed by atoms with Crippen LogP contribution < -0.4 is 9.62 Å². The van der Waals surface area contributed by atoms with E-state index >= 15 is 0 Å². The van der Waals surface area contributed by atoms with E-state index in [1.54, 1.807) is 13.8 Å². The lowest BCUT2D eigenvalue weighted by molar-refractivity contribution is -0.139. The van der Waals surface area contributed by atoms with Crippen molar-refractivity contribution in [3.8, 4) is 0 Å². The predicted octanol–water partition coefficient (Wildman–Crippen LogP) is 2.62. The summed E-state index contributed by atoms with van der Waals surface area (Å²) in [5.74, 6) is -0.736. The summed E-state index contributed by atoms with van der Waals surface area (Å²) in [6, 6.07) is 14.0. The zero-order chi connectivity index (χ0) is 23.2. The van der Waals surface area contributed by atoms with Crippen LogP contribution in [0.15, 0.2) is 48.5 Å². The molecule has 0 saturated carbocycles. The molecule has 1 atom stereocenters. The molecule has 0 bridgehead atoms. The second-order valence-electron chi connectivity index (χ2n) is 7.59. The highest BCUT2D eigenvalue weighted by atomic mass is 32.2. The van der Waals surface area contributed by atoms with Gasteiger partial charge in [0, 0.05) is 13.1 Å². The molecular weight excluding hydrogens is 414 g/mol. The van der Waals surface area contributed by atoms with Gasteiger partial charge in [0.1, 0.15) is 12.6 Å². The lowest BCUT2D eigenvalue weighted by Crippen LogP contribution is -2.51. The van der Waals surface area contributed by atoms with Crippen molar-refractivity contribution in [3.63, 3.8) is 0 Å². The Hall–Kier alpha value is -2.87. The minimum absolute atomic E-state index is 0.197. The minimum Gasteiger partial charge on any atom is -0.355 e. The summed E-state index contributed by atoms with van der Waals surface area (Å²) in [4.78, 5) is 27.3. The van der Waals surface area contributed by atoms with Gasteiger partial charge >= 0.3 is 0 Å². The van der Waals surface area contributed by atoms with Gasteiger partial charge in [-0.1, -0.05) is 48.5 Å². The molecule has 2 amide bonds. The van der Waals surface area contributed by atoms with Gasteiger partial charge in [-0.15, -0.1) is 0 Å². The fraction of sp³-hybridized carbons (Fsp3) is 0.391. The Kier molecular flexibility index (Phi) is 8.21. The van der Waals surface area contributed by atoms with Crippen LogP contribution in [0, 0.1) is 13.8 Å². The molecule has 0 radical (unpaired) electrons. The maximum absolute atomic E-state index is 13.4. The van der Waals surface area contributed by atoms with E-state index in [4.69, 9.17) is 0 Å². The van der Waals surface area contributed by atoms with Crippen LogP contribution in [0.2, 0.25) is 0 Å². The Labute approximate surface area is 185 Å². The maximum atomic E-state index is 13.4. The molecule has 31 heavy (non-hydrogen) atoms. The first-order valence-electron chi connectivity index (χ1n) is 10.2. The van der Waals surface area contributed by atoms with Crippen LogP contribution in [0.5, 0.6) is 0 Å². The quantitative estimate of drug-likeness (QED) is 0.643. The van der Waals surface area contributed by atoms with Gasteiger partial charge < -0.3 is 10.2 Å². The van der Waals surface area contributed by atoms with Crippen molar-refractivity contribution in [1.82, 2.24) is 10.2 Å². The number of carbonyl (C=O) groups excluding carboxylic acids is 2. The number of likely N-dealkylation sites (N-methyl/N-ethyl adjacent to an activating group) is 1. The van der Waals surface area contributed by atoms with Crippen molar-refractivity contribution in [2.45, 2.75) is 40.3 Å². The number of para-hydroxylation sites is 1. The Morgan fingerprint density at radius 2 is 1.58 bits per heavy atom. The summed E-state index contributed by atoms with van der Waals surface area (Å²) in [6.45, 7) is 7.32. The lowest BCUT2D eigenvalue weighted by Gasteiger charge is -2.32. The summed E-state index contributed by atoms with van der Waals surface area (Å²) < 4.78 is 26.4. The molecule has 0 fully saturated rings. The molecule has 0 spiro atoms. The molecule has 2 aromatic carbocycles. The Morgan fingerprint density at radius 3 is 2.10 bits per heavy atom. The lowest BCUT2D eigenvalue weighted by atomic mass is 10.1. The van der Waals surface area contributed by atoms with E-state index in [0.29, 0.717) is 12.2 Å². The molecule has 2 rings (SSSR count). The van der Waals surface area contributed by atoms with Crippen LogP contribution in [0.4, 0.5) is 5.69 Å². The standard InChI is InChI=1S/C23H31N3O4S/c1-6-24-23(28)19(4)25(15-20-13-8-7-9-14-20)21(27)16-26(31(5,29)30)22-17(2)11-10-12-18(22)3/h7-14,19H,6,15-16H2,1-5H3,(H,24,28). The first-order chi connectivity index (χ1) is 14.6. The van der Waals surface area contributed by atoms with E-state index in [-0.39, 0.29) is 19.0 Å². The average Bonchev–Trinajstić information content (AvgIpc) is 2.70. The van der Waals surface area contributed by atoms with Gasteiger partial charge in [0.2, 0.25) is 21.8 Å². The third-order valence-corrected chi connectivity index (χ3v) is 6.19. The summed E-state index contributed by atoms with van der Waals surface area (Å²) in [7, 11) is -3.74.